The van der Waals surface area contributed by atoms with E-state index in [4.69, 9.17) is 0 Å². The molecule has 0 nitrogen and oxygen atoms in total. The summed E-state index contributed by atoms with van der Waals surface area (Å²) in [5, 5.41) is 0. The van der Waals surface area contributed by atoms with Crippen LogP contribution in [0, 0.1) is 171 Å². The molecule has 6 saturated carbocycles. The number of hydrogen-bond donors (Lipinski definition) is 0. The third-order valence-corrected chi connectivity index (χ3v) is 18.7. The average molecular weight is 803 g/mol. The predicted molar refractivity (Wildman–Crippen MR) is 203 cm³/mol. The fraction of sp³-hybridized carbons (Fsp3) is 0.911. The Labute approximate surface area is 350 Å². The van der Waals surface area contributed by atoms with E-state index in [1.807, 2.05) is 0 Å². The first-order valence-electron chi connectivity index (χ1n) is 19.4. The van der Waals surface area contributed by atoms with Crippen molar-refractivity contribution in [2.45, 2.75) is 117 Å². The molecule has 6 fully saturated rings. The van der Waals surface area contributed by atoms with E-state index < -0.39 is 0 Å². The fourth-order valence-corrected chi connectivity index (χ4v) is 14.0. The molecule has 6 aliphatic rings. The van der Waals surface area contributed by atoms with Crippen LogP contribution in [-0.2, 0) is 65.4 Å². The van der Waals surface area contributed by atoms with Gasteiger partial charge in [0, 0.05) is 65.4 Å². The Bertz CT molecular complexity index is 785. The standard InChI is InChI=1S/C21H38.C21H37.3CH3.2Y/c2*1-10-12(3)16(7)20-18(14(10)5)9-19-15(6)11(2)13(4)17(8)21(19)20;;;;;/h10-21H,9H2,1-8H3;9-21H,1-8H3;3*1H3;;/q;4*-1;;. The van der Waals surface area contributed by atoms with Crippen LogP contribution in [0.15, 0.2) is 0 Å². The van der Waals surface area contributed by atoms with Crippen LogP contribution in [0.3, 0.4) is 0 Å². The fourth-order valence-electron chi connectivity index (χ4n) is 14.0. The molecule has 0 N–H and O–H groups in total. The Kier molecular flexibility index (Phi) is 19.4. The molecule has 0 bridgehead atoms. The Hall–Kier alpha value is 2.21. The zero-order chi connectivity index (χ0) is 31.3. The van der Waals surface area contributed by atoms with E-state index >= 15 is 0 Å². The molecule has 0 amide bonds. The second kappa shape index (κ2) is 18.5. The van der Waals surface area contributed by atoms with Crippen LogP contribution in [0.1, 0.15) is 117 Å². The Morgan fingerprint density at radius 2 is 0.489 bits per heavy atom. The van der Waals surface area contributed by atoms with Crippen LogP contribution in [0.2, 0.25) is 0 Å². The van der Waals surface area contributed by atoms with Crippen molar-refractivity contribution in [1.82, 2.24) is 0 Å². The zero-order valence-corrected chi connectivity index (χ0v) is 41.0. The molecule has 274 valence electrons. The second-order valence-electron chi connectivity index (χ2n) is 19.0. The van der Waals surface area contributed by atoms with Gasteiger partial charge in [0.1, 0.15) is 0 Å². The summed E-state index contributed by atoms with van der Waals surface area (Å²) in [7, 11) is 0. The summed E-state index contributed by atoms with van der Waals surface area (Å²) in [6.45, 7) is 40.8. The van der Waals surface area contributed by atoms with E-state index in [-0.39, 0.29) is 87.7 Å². The Morgan fingerprint density at radius 3 is 0.766 bits per heavy atom. The van der Waals surface area contributed by atoms with Crippen molar-refractivity contribution in [3.8, 4) is 0 Å². The monoisotopic (exact) mass is 802 g/mol. The summed E-state index contributed by atoms with van der Waals surface area (Å²) in [4.78, 5) is 0. The summed E-state index contributed by atoms with van der Waals surface area (Å²) < 4.78 is 0. The van der Waals surface area contributed by atoms with E-state index in [1.165, 1.54) is 0 Å². The second-order valence-corrected chi connectivity index (χ2v) is 19.0. The molecule has 0 aliphatic heterocycles. The topological polar surface area (TPSA) is 0 Å². The van der Waals surface area contributed by atoms with Gasteiger partial charge in [-0.1, -0.05) is 134 Å². The van der Waals surface area contributed by atoms with Gasteiger partial charge in [0.25, 0.3) is 0 Å². The first kappa shape index (κ1) is 49.2. The summed E-state index contributed by atoms with van der Waals surface area (Å²) in [5.74, 6) is 22.3. The van der Waals surface area contributed by atoms with E-state index in [2.05, 4.69) is 117 Å². The maximum atomic E-state index is 2.85. The number of hydrogen-bond acceptors (Lipinski definition) is 0. The SMILES string of the molecule is CC1C(C)C(C)C2C(CC3C(C)C(C)C(C)C(C)C32)C1C.CC1C(C)C(C)C2C([CH-]C3C(C)C(C)C(C)C(C)C32)C1C.[CH3-].[CH3-].[CH3-].[Y].[Y]. The molecule has 24 unspecified atom stereocenters. The van der Waals surface area contributed by atoms with Gasteiger partial charge in [0.2, 0.25) is 0 Å². The van der Waals surface area contributed by atoms with Crippen molar-refractivity contribution in [1.29, 1.82) is 0 Å². The number of fused-ring (bicyclic) bond motifs is 6. The maximum Gasteiger partial charge on any atom is 0 e. The molecule has 24 atom stereocenters. The predicted octanol–water partition coefficient (Wildman–Crippen LogP) is 13.1. The molecule has 6 rings (SSSR count). The van der Waals surface area contributed by atoms with Gasteiger partial charge in [0.05, 0.1) is 0 Å². The van der Waals surface area contributed by atoms with Crippen LogP contribution in [-0.4, -0.2) is 0 Å². The summed E-state index contributed by atoms with van der Waals surface area (Å²) >= 11 is 0. The Balaban J connectivity index is 0.000000814. The molecule has 0 aromatic rings. The number of rotatable bonds is 0. The van der Waals surface area contributed by atoms with E-state index in [0.29, 0.717) is 0 Å². The molecule has 2 radical (unpaired) electrons. The molecule has 6 aliphatic carbocycles. The van der Waals surface area contributed by atoms with Crippen molar-refractivity contribution >= 4 is 0 Å². The van der Waals surface area contributed by atoms with Gasteiger partial charge in [-0.15, -0.1) is 0 Å². The van der Waals surface area contributed by atoms with Gasteiger partial charge >= 0.3 is 0 Å². The van der Waals surface area contributed by atoms with Crippen LogP contribution in [0.5, 0.6) is 0 Å². The Morgan fingerprint density at radius 1 is 0.277 bits per heavy atom. The molecule has 47 heavy (non-hydrogen) atoms. The smallest absolute Gasteiger partial charge is 0 e. The molecule has 0 aromatic carbocycles. The van der Waals surface area contributed by atoms with Gasteiger partial charge in [-0.25, -0.2) is 0 Å². The van der Waals surface area contributed by atoms with Crippen molar-refractivity contribution in [2.75, 3.05) is 0 Å². The molecule has 2 heteroatoms. The van der Waals surface area contributed by atoms with Crippen LogP contribution >= 0.6 is 0 Å². The van der Waals surface area contributed by atoms with Crippen LogP contribution < -0.4 is 0 Å². The summed E-state index contributed by atoms with van der Waals surface area (Å²) in [6.07, 6.45) is 4.39. The minimum atomic E-state index is 0. The van der Waals surface area contributed by atoms with Gasteiger partial charge in [-0.2, -0.15) is 11.8 Å². The van der Waals surface area contributed by atoms with Crippen molar-refractivity contribution in [2.24, 2.45) is 142 Å². The van der Waals surface area contributed by atoms with Crippen molar-refractivity contribution < 1.29 is 65.4 Å². The summed E-state index contributed by atoms with van der Waals surface area (Å²) in [6, 6.07) is 0. The normalized spacial score (nSPS) is 57.2. The minimum Gasteiger partial charge on any atom is -0.358 e. The molecule has 0 spiro atoms. The van der Waals surface area contributed by atoms with E-state index in [0.717, 1.165) is 142 Å². The zero-order valence-electron chi connectivity index (χ0n) is 35.3. The molecule has 0 heterocycles. The average Bonchev–Trinajstić information content (AvgIpc) is 3.57. The molecule has 0 aromatic heterocycles. The maximum absolute atomic E-state index is 2.85. The van der Waals surface area contributed by atoms with Crippen LogP contribution in [0.4, 0.5) is 0 Å². The van der Waals surface area contributed by atoms with Gasteiger partial charge in [-0.05, 0) is 113 Å². The van der Waals surface area contributed by atoms with Gasteiger partial charge in [-0.3, -0.25) is 0 Å². The van der Waals surface area contributed by atoms with Crippen molar-refractivity contribution in [3.05, 3.63) is 28.7 Å². The summed E-state index contributed by atoms with van der Waals surface area (Å²) in [5.41, 5.74) is 0. The molecule has 0 saturated heterocycles. The largest absolute Gasteiger partial charge is 0.358 e. The third kappa shape index (κ3) is 7.89. The van der Waals surface area contributed by atoms with Crippen LogP contribution in [0.25, 0.3) is 0 Å². The van der Waals surface area contributed by atoms with E-state index in [9.17, 15) is 0 Å². The minimum absolute atomic E-state index is 0. The molecular formula is C45H84Y2-4. The van der Waals surface area contributed by atoms with Gasteiger partial charge in [0.15, 0.2) is 0 Å². The first-order valence-corrected chi connectivity index (χ1v) is 19.4. The quantitative estimate of drug-likeness (QED) is 0.214. The van der Waals surface area contributed by atoms with Crippen molar-refractivity contribution in [3.63, 3.8) is 0 Å². The van der Waals surface area contributed by atoms with E-state index in [1.54, 1.807) is 6.42 Å². The first-order chi connectivity index (χ1) is 19.5. The van der Waals surface area contributed by atoms with Gasteiger partial charge < -0.3 is 28.7 Å². The molecular weight excluding hydrogens is 718 g/mol. The third-order valence-electron chi connectivity index (χ3n) is 18.7.